The van der Waals surface area contributed by atoms with Gasteiger partial charge in [-0.2, -0.15) is 0 Å². The maximum atomic E-state index is 9.61. The van der Waals surface area contributed by atoms with Gasteiger partial charge in [0.05, 0.1) is 18.9 Å². The first-order valence-corrected chi connectivity index (χ1v) is 7.57. The molecule has 0 saturated carbocycles. The molecular weight excluding hydrogens is 264 g/mol. The molecule has 1 aromatic carbocycles. The summed E-state index contributed by atoms with van der Waals surface area (Å²) in [6, 6.07) is 6.90. The van der Waals surface area contributed by atoms with E-state index in [1.54, 1.807) is 59.0 Å². The van der Waals surface area contributed by atoms with E-state index in [0.717, 1.165) is 5.56 Å². The van der Waals surface area contributed by atoms with Gasteiger partial charge in [-0.05, 0) is 23.8 Å². The average molecular weight is 284 g/mol. The van der Waals surface area contributed by atoms with Gasteiger partial charge in [0.2, 0.25) is 0 Å². The fourth-order valence-electron chi connectivity index (χ4n) is 1.94. The Bertz CT molecular complexity index is 409. The van der Waals surface area contributed by atoms with Crippen LogP contribution >= 0.6 is 0 Å². The first-order chi connectivity index (χ1) is 9.13. The second-order valence-corrected chi connectivity index (χ2v) is 6.91. The fourth-order valence-corrected chi connectivity index (χ4v) is 4.10. The summed E-state index contributed by atoms with van der Waals surface area (Å²) >= 11 is 0. The molecule has 0 radical (unpaired) electrons. The summed E-state index contributed by atoms with van der Waals surface area (Å²) in [5.74, 6) is 0.180. The second kappa shape index (κ2) is 7.30. The molecule has 1 N–H and O–H groups in total. The van der Waals surface area contributed by atoms with Crippen molar-refractivity contribution in [1.82, 2.24) is 0 Å². The Labute approximate surface area is 114 Å². The van der Waals surface area contributed by atoms with Gasteiger partial charge in [0.25, 0.3) is 0 Å². The largest absolute Gasteiger partial charge is 0.512 e. The Balaban J connectivity index is 3.24. The van der Waals surface area contributed by atoms with Crippen molar-refractivity contribution in [3.8, 4) is 5.75 Å². The predicted octanol–water partition coefficient (Wildman–Crippen LogP) is 2.05. The highest BCUT2D eigenvalue weighted by atomic mass is 28.4. The second-order valence-electron chi connectivity index (χ2n) is 3.85. The van der Waals surface area contributed by atoms with E-state index in [2.05, 4.69) is 0 Å². The third-order valence-corrected chi connectivity index (χ3v) is 5.87. The highest BCUT2D eigenvalue weighted by molar-refractivity contribution is 6.62. The molecule has 1 aromatic rings. The molecule has 1 rings (SSSR count). The van der Waals surface area contributed by atoms with Gasteiger partial charge in [-0.3, -0.25) is 0 Å². The van der Waals surface area contributed by atoms with E-state index >= 15 is 0 Å². The van der Waals surface area contributed by atoms with E-state index in [-0.39, 0.29) is 11.3 Å². The van der Waals surface area contributed by atoms with Crippen molar-refractivity contribution in [2.24, 2.45) is 0 Å². The number of rotatable bonds is 7. The predicted molar refractivity (Wildman–Crippen MR) is 73.8 cm³/mol. The molecular formula is C13H20O5Si. The van der Waals surface area contributed by atoms with Gasteiger partial charge in [0, 0.05) is 21.3 Å². The lowest BCUT2D eigenvalue weighted by Gasteiger charge is -2.30. The molecule has 0 aromatic heterocycles. The standard InChI is InChI=1S/C13H20O5Si/c1-15-9-8-13(19(16-2,17-3)18-4)11-6-5-7-12(14)10-11/h5-10,13-14H,1-4H3. The van der Waals surface area contributed by atoms with Gasteiger partial charge >= 0.3 is 8.80 Å². The van der Waals surface area contributed by atoms with Crippen LogP contribution in [0.25, 0.3) is 0 Å². The quantitative estimate of drug-likeness (QED) is 0.613. The maximum Gasteiger partial charge on any atom is 0.512 e. The van der Waals surface area contributed by atoms with E-state index in [1.807, 2.05) is 6.07 Å². The van der Waals surface area contributed by atoms with E-state index in [9.17, 15) is 5.11 Å². The summed E-state index contributed by atoms with van der Waals surface area (Å²) in [7, 11) is 3.29. The minimum Gasteiger partial charge on any atom is -0.508 e. The highest BCUT2D eigenvalue weighted by Gasteiger charge is 2.47. The number of benzene rings is 1. The van der Waals surface area contributed by atoms with E-state index in [1.165, 1.54) is 0 Å². The molecule has 0 fully saturated rings. The van der Waals surface area contributed by atoms with Crippen LogP contribution in [-0.4, -0.2) is 42.4 Å². The van der Waals surface area contributed by atoms with E-state index in [0.29, 0.717) is 0 Å². The van der Waals surface area contributed by atoms with Gasteiger partial charge in [0.1, 0.15) is 5.75 Å². The van der Waals surface area contributed by atoms with E-state index in [4.69, 9.17) is 18.0 Å². The first-order valence-electron chi connectivity index (χ1n) is 5.77. The van der Waals surface area contributed by atoms with Crippen LogP contribution in [0.1, 0.15) is 11.1 Å². The molecule has 5 nitrogen and oxygen atoms in total. The fraction of sp³-hybridized carbons (Fsp3) is 0.385. The Morgan fingerprint density at radius 3 is 2.21 bits per heavy atom. The van der Waals surface area contributed by atoms with Crippen molar-refractivity contribution >= 4 is 8.80 Å². The van der Waals surface area contributed by atoms with Crippen LogP contribution in [0.5, 0.6) is 5.75 Å². The molecule has 19 heavy (non-hydrogen) atoms. The van der Waals surface area contributed by atoms with Gasteiger partial charge in [-0.1, -0.05) is 12.1 Å². The average Bonchev–Trinajstić information content (AvgIpc) is 2.44. The molecule has 0 amide bonds. The lowest BCUT2D eigenvalue weighted by atomic mass is 10.1. The number of aromatic hydroxyl groups is 1. The number of hydrogen-bond donors (Lipinski definition) is 1. The van der Waals surface area contributed by atoms with Crippen molar-refractivity contribution in [2.75, 3.05) is 28.4 Å². The molecule has 0 aliphatic heterocycles. The van der Waals surface area contributed by atoms with Gasteiger partial charge < -0.3 is 23.1 Å². The highest BCUT2D eigenvalue weighted by Crippen LogP contribution is 2.31. The summed E-state index contributed by atoms with van der Waals surface area (Å²) in [6.07, 6.45) is 3.35. The minimum absolute atomic E-state index is 0.180. The van der Waals surface area contributed by atoms with Crippen LogP contribution in [0.2, 0.25) is 0 Å². The van der Waals surface area contributed by atoms with Crippen LogP contribution in [0.15, 0.2) is 36.6 Å². The molecule has 0 heterocycles. The van der Waals surface area contributed by atoms with Crippen LogP contribution in [-0.2, 0) is 18.0 Å². The number of phenols is 1. The third-order valence-electron chi connectivity index (χ3n) is 2.87. The van der Waals surface area contributed by atoms with Crippen molar-refractivity contribution in [3.05, 3.63) is 42.2 Å². The number of ether oxygens (including phenoxy) is 1. The smallest absolute Gasteiger partial charge is 0.508 e. The first kappa shape index (κ1) is 15.7. The summed E-state index contributed by atoms with van der Waals surface area (Å²) in [5.41, 5.74) is 0.574. The summed E-state index contributed by atoms with van der Waals surface area (Å²) < 4.78 is 21.5. The lowest BCUT2D eigenvalue weighted by Crippen LogP contribution is -2.48. The molecule has 0 bridgehead atoms. The molecule has 106 valence electrons. The number of allylic oxidation sites excluding steroid dienone is 1. The van der Waals surface area contributed by atoms with Crippen molar-refractivity contribution in [2.45, 2.75) is 5.54 Å². The topological polar surface area (TPSA) is 57.2 Å². The number of methoxy groups -OCH3 is 1. The van der Waals surface area contributed by atoms with Crippen molar-refractivity contribution in [3.63, 3.8) is 0 Å². The third kappa shape index (κ3) is 3.57. The molecule has 0 aliphatic rings. The molecule has 1 unspecified atom stereocenters. The zero-order valence-electron chi connectivity index (χ0n) is 11.6. The van der Waals surface area contributed by atoms with Crippen molar-refractivity contribution in [1.29, 1.82) is 0 Å². The van der Waals surface area contributed by atoms with Crippen LogP contribution in [0.4, 0.5) is 0 Å². The van der Waals surface area contributed by atoms with Gasteiger partial charge in [-0.25, -0.2) is 0 Å². The Hall–Kier alpha value is -1.34. The number of phenolic OH excluding ortho intramolecular Hbond substituents is 1. The SMILES string of the molecule is COC=CC(c1cccc(O)c1)[Si](OC)(OC)OC. The summed E-state index contributed by atoms with van der Waals surface area (Å²) in [6.45, 7) is 0. The normalized spacial score (nSPS) is 13.7. The van der Waals surface area contributed by atoms with Gasteiger partial charge in [-0.15, -0.1) is 0 Å². The molecule has 0 saturated heterocycles. The molecule has 1 atom stereocenters. The maximum absolute atomic E-state index is 9.61. The van der Waals surface area contributed by atoms with Crippen molar-refractivity contribution < 1.29 is 23.1 Å². The lowest BCUT2D eigenvalue weighted by molar-refractivity contribution is 0.117. The van der Waals surface area contributed by atoms with Crippen LogP contribution < -0.4 is 0 Å². The zero-order valence-corrected chi connectivity index (χ0v) is 12.6. The Morgan fingerprint density at radius 1 is 1.11 bits per heavy atom. The molecule has 6 heteroatoms. The van der Waals surface area contributed by atoms with E-state index < -0.39 is 8.80 Å². The number of hydrogen-bond acceptors (Lipinski definition) is 5. The summed E-state index contributed by atoms with van der Waals surface area (Å²) in [4.78, 5) is 0. The van der Waals surface area contributed by atoms with Gasteiger partial charge in [0.15, 0.2) is 0 Å². The molecule has 0 aliphatic carbocycles. The Kier molecular flexibility index (Phi) is 6.03. The minimum atomic E-state index is -2.93. The summed E-state index contributed by atoms with van der Waals surface area (Å²) in [5, 5.41) is 9.61. The zero-order chi connectivity index (χ0) is 14.3. The Morgan fingerprint density at radius 2 is 1.74 bits per heavy atom. The van der Waals surface area contributed by atoms with Crippen LogP contribution in [0.3, 0.4) is 0 Å². The molecule has 0 spiro atoms. The van der Waals surface area contributed by atoms with Crippen LogP contribution in [0, 0.1) is 0 Å². The monoisotopic (exact) mass is 284 g/mol.